The van der Waals surface area contributed by atoms with Crippen molar-refractivity contribution in [2.24, 2.45) is 5.92 Å². The lowest BCUT2D eigenvalue weighted by atomic mass is 9.96. The maximum Gasteiger partial charge on any atom is 0.407 e. The third-order valence-electron chi connectivity index (χ3n) is 6.15. The third kappa shape index (κ3) is 5.23. The Balaban J connectivity index is 1.38. The number of nitrogens with one attached hydrogen (secondary N) is 2. The first kappa shape index (κ1) is 22.4. The Kier molecular flexibility index (Phi) is 6.57. The zero-order valence-electron chi connectivity index (χ0n) is 18.3. The summed E-state index contributed by atoms with van der Waals surface area (Å²) in [6.07, 6.45) is 4.58. The second-order valence-corrected chi connectivity index (χ2v) is 9.63. The summed E-state index contributed by atoms with van der Waals surface area (Å²) in [6, 6.07) is -0.373. The van der Waals surface area contributed by atoms with Crippen LogP contribution in [0, 0.1) is 5.92 Å². The second kappa shape index (κ2) is 8.81. The molecule has 0 aromatic rings. The van der Waals surface area contributed by atoms with E-state index in [1.54, 1.807) is 4.90 Å². The van der Waals surface area contributed by atoms with E-state index in [2.05, 4.69) is 10.6 Å². The molecule has 30 heavy (non-hydrogen) atoms. The highest BCUT2D eigenvalue weighted by Gasteiger charge is 2.52. The van der Waals surface area contributed by atoms with Gasteiger partial charge < -0.3 is 20.3 Å². The number of carbonyl (C=O) groups is 4. The van der Waals surface area contributed by atoms with Crippen molar-refractivity contribution in [1.82, 2.24) is 20.4 Å². The Morgan fingerprint density at radius 2 is 1.80 bits per heavy atom. The summed E-state index contributed by atoms with van der Waals surface area (Å²) >= 11 is 0. The Labute approximate surface area is 177 Å². The first-order valence-corrected chi connectivity index (χ1v) is 11.0. The highest BCUT2D eigenvalue weighted by Crippen LogP contribution is 2.35. The van der Waals surface area contributed by atoms with Gasteiger partial charge in [-0.25, -0.2) is 9.59 Å². The molecule has 0 radical (unpaired) electrons. The molecule has 2 saturated heterocycles. The number of hydrogen-bond acceptors (Lipinski definition) is 5. The summed E-state index contributed by atoms with van der Waals surface area (Å²) in [5.74, 6) is 0.0842. The summed E-state index contributed by atoms with van der Waals surface area (Å²) in [5, 5.41) is 5.64. The van der Waals surface area contributed by atoms with Crippen LogP contribution in [0.4, 0.5) is 9.59 Å². The monoisotopic (exact) mass is 422 g/mol. The largest absolute Gasteiger partial charge is 0.444 e. The van der Waals surface area contributed by atoms with E-state index >= 15 is 0 Å². The standard InChI is InChI=1S/C21H34N4O5/c1-20(2,3)30-19(29)22-14-15-6-11-24(12-7-15)16(26)8-13-25-17(27)21(23-18(25)28)9-4-5-10-21/h15H,4-14H2,1-3H3,(H,22,29)(H,23,28). The smallest absolute Gasteiger partial charge is 0.407 e. The molecule has 0 bridgehead atoms. The first-order chi connectivity index (χ1) is 14.1. The number of alkyl carbamates (subject to hydrolysis) is 1. The molecule has 9 heteroatoms. The molecule has 3 aliphatic rings. The van der Waals surface area contributed by atoms with Crippen molar-refractivity contribution >= 4 is 23.9 Å². The lowest BCUT2D eigenvalue weighted by Gasteiger charge is -2.32. The molecular formula is C21H34N4O5. The Bertz CT molecular complexity index is 688. The van der Waals surface area contributed by atoms with E-state index in [1.807, 2.05) is 20.8 Å². The molecule has 9 nitrogen and oxygen atoms in total. The van der Waals surface area contributed by atoms with E-state index in [-0.39, 0.29) is 30.8 Å². The minimum Gasteiger partial charge on any atom is -0.444 e. The molecule has 0 unspecified atom stereocenters. The van der Waals surface area contributed by atoms with Gasteiger partial charge in [0.05, 0.1) is 0 Å². The zero-order valence-corrected chi connectivity index (χ0v) is 18.3. The maximum absolute atomic E-state index is 12.7. The van der Waals surface area contributed by atoms with Gasteiger partial charge in [0.15, 0.2) is 0 Å². The lowest BCUT2D eigenvalue weighted by molar-refractivity contribution is -0.134. The first-order valence-electron chi connectivity index (χ1n) is 11.0. The number of hydrogen-bond donors (Lipinski definition) is 2. The van der Waals surface area contributed by atoms with E-state index in [1.165, 1.54) is 4.90 Å². The molecular weight excluding hydrogens is 388 g/mol. The summed E-state index contributed by atoms with van der Waals surface area (Å²) in [6.45, 7) is 7.36. The number of nitrogens with zero attached hydrogens (tertiary/aromatic N) is 2. The summed E-state index contributed by atoms with van der Waals surface area (Å²) in [4.78, 5) is 52.2. The fourth-order valence-corrected chi connectivity index (χ4v) is 4.49. The molecule has 1 aliphatic carbocycles. The third-order valence-corrected chi connectivity index (χ3v) is 6.15. The molecule has 1 spiro atoms. The van der Waals surface area contributed by atoms with Crippen molar-refractivity contribution in [2.75, 3.05) is 26.2 Å². The normalized spacial score (nSPS) is 21.8. The molecule has 1 saturated carbocycles. The van der Waals surface area contributed by atoms with Crippen LogP contribution in [0.3, 0.4) is 0 Å². The fraction of sp³-hybridized carbons (Fsp3) is 0.810. The van der Waals surface area contributed by atoms with Crippen molar-refractivity contribution in [2.45, 2.75) is 76.9 Å². The Hall–Kier alpha value is -2.32. The molecule has 0 aromatic heterocycles. The van der Waals surface area contributed by atoms with Gasteiger partial charge in [0, 0.05) is 32.6 Å². The topological polar surface area (TPSA) is 108 Å². The van der Waals surface area contributed by atoms with E-state index in [9.17, 15) is 19.2 Å². The Morgan fingerprint density at radius 3 is 2.40 bits per heavy atom. The van der Waals surface area contributed by atoms with Gasteiger partial charge in [-0.3, -0.25) is 14.5 Å². The van der Waals surface area contributed by atoms with Gasteiger partial charge in [-0.1, -0.05) is 12.8 Å². The minimum atomic E-state index is -0.723. The Morgan fingerprint density at radius 1 is 1.17 bits per heavy atom. The van der Waals surface area contributed by atoms with Crippen molar-refractivity contribution < 1.29 is 23.9 Å². The van der Waals surface area contributed by atoms with Gasteiger partial charge in [0.2, 0.25) is 5.91 Å². The maximum atomic E-state index is 12.7. The van der Waals surface area contributed by atoms with Crippen molar-refractivity contribution in [3.8, 4) is 0 Å². The molecule has 0 atom stereocenters. The highest BCUT2D eigenvalue weighted by molar-refractivity contribution is 6.07. The van der Waals surface area contributed by atoms with Crippen LogP contribution in [0.1, 0.15) is 65.7 Å². The van der Waals surface area contributed by atoms with Gasteiger partial charge in [-0.15, -0.1) is 0 Å². The average molecular weight is 423 g/mol. The number of rotatable bonds is 5. The minimum absolute atomic E-state index is 0.0403. The number of ether oxygens (including phenoxy) is 1. The van der Waals surface area contributed by atoms with Crippen LogP contribution in [0.25, 0.3) is 0 Å². The van der Waals surface area contributed by atoms with Crippen LogP contribution >= 0.6 is 0 Å². The van der Waals surface area contributed by atoms with E-state index < -0.39 is 17.2 Å². The molecule has 3 fully saturated rings. The lowest BCUT2D eigenvalue weighted by Crippen LogP contribution is -2.45. The second-order valence-electron chi connectivity index (χ2n) is 9.63. The van der Waals surface area contributed by atoms with Crippen molar-refractivity contribution in [1.29, 1.82) is 0 Å². The van der Waals surface area contributed by atoms with E-state index in [4.69, 9.17) is 4.74 Å². The van der Waals surface area contributed by atoms with Gasteiger partial charge in [-0.2, -0.15) is 0 Å². The van der Waals surface area contributed by atoms with Gasteiger partial charge in [-0.05, 0) is 52.4 Å². The molecule has 168 valence electrons. The van der Waals surface area contributed by atoms with Crippen molar-refractivity contribution in [3.63, 3.8) is 0 Å². The van der Waals surface area contributed by atoms with Crippen LogP contribution in [0.2, 0.25) is 0 Å². The van der Waals surface area contributed by atoms with E-state index in [0.717, 1.165) is 25.7 Å². The van der Waals surface area contributed by atoms with Crippen LogP contribution < -0.4 is 10.6 Å². The predicted octanol–water partition coefficient (Wildman–Crippen LogP) is 2.00. The highest BCUT2D eigenvalue weighted by atomic mass is 16.6. The summed E-state index contributed by atoms with van der Waals surface area (Å²) < 4.78 is 5.24. The van der Waals surface area contributed by atoms with Crippen LogP contribution in [0.15, 0.2) is 0 Å². The quantitative estimate of drug-likeness (QED) is 0.659. The van der Waals surface area contributed by atoms with E-state index in [0.29, 0.717) is 38.4 Å². The summed E-state index contributed by atoms with van der Waals surface area (Å²) in [7, 11) is 0. The number of imide groups is 1. The SMILES string of the molecule is CC(C)(C)OC(=O)NCC1CCN(C(=O)CCN2C(=O)NC3(CCCC3)C2=O)CC1. The van der Waals surface area contributed by atoms with Crippen molar-refractivity contribution in [3.05, 3.63) is 0 Å². The average Bonchev–Trinajstić information content (AvgIpc) is 3.23. The van der Waals surface area contributed by atoms with Crippen LogP contribution in [-0.4, -0.2) is 71.1 Å². The molecule has 5 amide bonds. The molecule has 0 aromatic carbocycles. The number of urea groups is 1. The number of likely N-dealkylation sites (tertiary alicyclic amines) is 1. The van der Waals surface area contributed by atoms with Crippen LogP contribution in [0.5, 0.6) is 0 Å². The van der Waals surface area contributed by atoms with Crippen LogP contribution in [-0.2, 0) is 14.3 Å². The number of amides is 5. The summed E-state index contributed by atoms with van der Waals surface area (Å²) in [5.41, 5.74) is -1.25. The number of carbonyl (C=O) groups excluding carboxylic acids is 4. The molecule has 3 rings (SSSR count). The molecule has 2 heterocycles. The fourth-order valence-electron chi connectivity index (χ4n) is 4.49. The molecule has 2 aliphatic heterocycles. The zero-order chi connectivity index (χ0) is 21.9. The van der Waals surface area contributed by atoms with Gasteiger partial charge in [0.1, 0.15) is 11.1 Å². The van der Waals surface area contributed by atoms with Gasteiger partial charge in [0.25, 0.3) is 5.91 Å². The van der Waals surface area contributed by atoms with Gasteiger partial charge >= 0.3 is 12.1 Å². The number of piperidine rings is 1. The predicted molar refractivity (Wildman–Crippen MR) is 110 cm³/mol. The molecule has 2 N–H and O–H groups in total.